The number of benzene rings is 2. The van der Waals surface area contributed by atoms with Gasteiger partial charge < -0.3 is 0 Å². The summed E-state index contributed by atoms with van der Waals surface area (Å²) >= 11 is 0. The predicted molar refractivity (Wildman–Crippen MR) is 133 cm³/mol. The number of para-hydroxylation sites is 1. The molecular formula is C28H33N3. The molecule has 160 valence electrons. The average molecular weight is 412 g/mol. The molecule has 0 aliphatic heterocycles. The van der Waals surface area contributed by atoms with Gasteiger partial charge in [0.1, 0.15) is 0 Å². The lowest BCUT2D eigenvalue weighted by Gasteiger charge is -2.17. The second-order valence-electron chi connectivity index (χ2n) is 8.59. The monoisotopic (exact) mass is 411 g/mol. The van der Waals surface area contributed by atoms with Gasteiger partial charge in [0.05, 0.1) is 35.0 Å². The van der Waals surface area contributed by atoms with Crippen molar-refractivity contribution in [1.29, 1.82) is 0 Å². The van der Waals surface area contributed by atoms with Crippen LogP contribution in [-0.2, 0) is 6.54 Å². The number of rotatable bonds is 7. The van der Waals surface area contributed by atoms with Gasteiger partial charge in [-0.25, -0.2) is 4.98 Å². The molecule has 0 saturated heterocycles. The van der Waals surface area contributed by atoms with Gasteiger partial charge in [-0.3, -0.25) is 9.98 Å². The summed E-state index contributed by atoms with van der Waals surface area (Å²) in [5, 5.41) is 0. The summed E-state index contributed by atoms with van der Waals surface area (Å²) in [6.45, 7) is 13.6. The molecule has 0 aliphatic rings. The van der Waals surface area contributed by atoms with E-state index in [2.05, 4.69) is 58.0 Å². The molecule has 0 N–H and O–H groups in total. The second kappa shape index (κ2) is 10.3. The van der Waals surface area contributed by atoms with Gasteiger partial charge in [0.15, 0.2) is 0 Å². The molecule has 3 aromatic rings. The van der Waals surface area contributed by atoms with Crippen LogP contribution in [0.25, 0.3) is 0 Å². The van der Waals surface area contributed by atoms with Crippen LogP contribution >= 0.6 is 0 Å². The SMILES string of the molecule is CC(=NCc1ccccc1)c1cccc(C(C)=Nc2c(C(C)C)cccc2C(C)C)n1. The van der Waals surface area contributed by atoms with Crippen molar-refractivity contribution in [2.45, 2.75) is 59.9 Å². The summed E-state index contributed by atoms with van der Waals surface area (Å²) in [6.07, 6.45) is 0. The van der Waals surface area contributed by atoms with Gasteiger partial charge in [0.2, 0.25) is 0 Å². The van der Waals surface area contributed by atoms with Gasteiger partial charge in [-0.2, -0.15) is 0 Å². The number of hydrogen-bond donors (Lipinski definition) is 0. The van der Waals surface area contributed by atoms with Crippen LogP contribution in [0.2, 0.25) is 0 Å². The van der Waals surface area contributed by atoms with Crippen LogP contribution < -0.4 is 0 Å². The fourth-order valence-electron chi connectivity index (χ4n) is 3.58. The molecule has 0 bridgehead atoms. The second-order valence-corrected chi connectivity index (χ2v) is 8.59. The number of hydrogen-bond acceptors (Lipinski definition) is 3. The quantitative estimate of drug-likeness (QED) is 0.371. The molecule has 3 rings (SSSR count). The average Bonchev–Trinajstić information content (AvgIpc) is 2.78. The van der Waals surface area contributed by atoms with E-state index in [1.54, 1.807) is 0 Å². The summed E-state index contributed by atoms with van der Waals surface area (Å²) in [5.41, 5.74) is 8.49. The predicted octanol–water partition coefficient (Wildman–Crippen LogP) is 7.48. The Morgan fingerprint density at radius 1 is 0.710 bits per heavy atom. The largest absolute Gasteiger partial charge is 0.283 e. The lowest BCUT2D eigenvalue weighted by molar-refractivity contribution is 0.834. The highest BCUT2D eigenvalue weighted by Crippen LogP contribution is 2.35. The molecule has 1 aromatic heterocycles. The third kappa shape index (κ3) is 5.75. The topological polar surface area (TPSA) is 37.6 Å². The Labute approximate surface area is 187 Å². The Hall–Kier alpha value is -3.07. The number of aromatic nitrogens is 1. The number of pyridine rings is 1. The van der Waals surface area contributed by atoms with E-state index in [4.69, 9.17) is 15.0 Å². The van der Waals surface area contributed by atoms with Crippen molar-refractivity contribution in [3.8, 4) is 0 Å². The van der Waals surface area contributed by atoms with E-state index in [0.717, 1.165) is 28.5 Å². The highest BCUT2D eigenvalue weighted by Gasteiger charge is 2.14. The van der Waals surface area contributed by atoms with Crippen LogP contribution in [0.4, 0.5) is 5.69 Å². The molecule has 0 atom stereocenters. The van der Waals surface area contributed by atoms with Crippen molar-refractivity contribution in [2.75, 3.05) is 0 Å². The van der Waals surface area contributed by atoms with E-state index in [1.165, 1.54) is 16.7 Å². The zero-order valence-corrected chi connectivity index (χ0v) is 19.6. The van der Waals surface area contributed by atoms with Gasteiger partial charge in [-0.15, -0.1) is 0 Å². The first kappa shape index (κ1) is 22.6. The maximum Gasteiger partial charge on any atom is 0.0849 e. The van der Waals surface area contributed by atoms with Crippen LogP contribution in [-0.4, -0.2) is 16.4 Å². The van der Waals surface area contributed by atoms with E-state index in [1.807, 2.05) is 50.2 Å². The Kier molecular flexibility index (Phi) is 7.51. The molecule has 0 amide bonds. The highest BCUT2D eigenvalue weighted by molar-refractivity contribution is 6.01. The number of nitrogens with zero attached hydrogens (tertiary/aromatic N) is 3. The van der Waals surface area contributed by atoms with Crippen LogP contribution in [0.3, 0.4) is 0 Å². The molecule has 3 heteroatoms. The summed E-state index contributed by atoms with van der Waals surface area (Å²) in [4.78, 5) is 14.7. The van der Waals surface area contributed by atoms with Gasteiger partial charge in [0.25, 0.3) is 0 Å². The number of aliphatic imine (C=N–C) groups is 2. The Morgan fingerprint density at radius 2 is 1.26 bits per heavy atom. The maximum atomic E-state index is 5.08. The third-order valence-electron chi connectivity index (χ3n) is 5.45. The van der Waals surface area contributed by atoms with Gasteiger partial charge in [0, 0.05) is 0 Å². The van der Waals surface area contributed by atoms with Gasteiger partial charge in [-0.1, -0.05) is 82.3 Å². The maximum absolute atomic E-state index is 5.08. The molecule has 1 heterocycles. The van der Waals surface area contributed by atoms with Crippen molar-refractivity contribution in [2.24, 2.45) is 9.98 Å². The minimum absolute atomic E-state index is 0.414. The first-order valence-electron chi connectivity index (χ1n) is 11.1. The smallest absolute Gasteiger partial charge is 0.0849 e. The molecule has 0 saturated carbocycles. The Balaban J connectivity index is 1.93. The minimum Gasteiger partial charge on any atom is -0.283 e. The zero-order chi connectivity index (χ0) is 22.4. The normalized spacial score (nSPS) is 12.6. The molecular weight excluding hydrogens is 378 g/mol. The molecule has 0 fully saturated rings. The minimum atomic E-state index is 0.414. The Morgan fingerprint density at radius 3 is 1.84 bits per heavy atom. The molecule has 31 heavy (non-hydrogen) atoms. The lowest BCUT2D eigenvalue weighted by Crippen LogP contribution is -2.06. The van der Waals surface area contributed by atoms with Crippen LogP contribution in [0, 0.1) is 0 Å². The standard InChI is InChI=1S/C28H33N3/c1-19(2)24-14-10-15-25(20(3)4)28(24)30-22(6)27-17-11-16-26(31-27)21(5)29-18-23-12-8-7-9-13-23/h7-17,19-20H,18H2,1-6H3. The summed E-state index contributed by atoms with van der Waals surface area (Å²) in [5.74, 6) is 0.828. The molecule has 0 spiro atoms. The molecule has 3 nitrogen and oxygen atoms in total. The summed E-state index contributed by atoms with van der Waals surface area (Å²) in [6, 6.07) is 22.9. The third-order valence-corrected chi connectivity index (χ3v) is 5.45. The summed E-state index contributed by atoms with van der Waals surface area (Å²) in [7, 11) is 0. The molecule has 0 radical (unpaired) electrons. The van der Waals surface area contributed by atoms with Crippen molar-refractivity contribution in [1.82, 2.24) is 4.98 Å². The fraction of sp³-hybridized carbons (Fsp3) is 0.321. The van der Waals surface area contributed by atoms with E-state index in [0.29, 0.717) is 18.4 Å². The van der Waals surface area contributed by atoms with Gasteiger partial charge >= 0.3 is 0 Å². The van der Waals surface area contributed by atoms with E-state index >= 15 is 0 Å². The van der Waals surface area contributed by atoms with Crippen molar-refractivity contribution in [3.05, 3.63) is 94.8 Å². The molecule has 0 aliphatic carbocycles. The van der Waals surface area contributed by atoms with Crippen molar-refractivity contribution < 1.29 is 0 Å². The van der Waals surface area contributed by atoms with E-state index in [-0.39, 0.29) is 0 Å². The first-order chi connectivity index (χ1) is 14.9. The zero-order valence-electron chi connectivity index (χ0n) is 19.6. The van der Waals surface area contributed by atoms with Crippen molar-refractivity contribution in [3.63, 3.8) is 0 Å². The van der Waals surface area contributed by atoms with Crippen molar-refractivity contribution >= 4 is 17.1 Å². The molecule has 2 aromatic carbocycles. The van der Waals surface area contributed by atoms with Crippen LogP contribution in [0.1, 0.15) is 81.5 Å². The van der Waals surface area contributed by atoms with E-state index < -0.39 is 0 Å². The molecule has 0 unspecified atom stereocenters. The Bertz CT molecular complexity index is 1050. The van der Waals surface area contributed by atoms with Crippen LogP contribution in [0.15, 0.2) is 76.7 Å². The highest BCUT2D eigenvalue weighted by atomic mass is 14.8. The summed E-state index contributed by atoms with van der Waals surface area (Å²) < 4.78 is 0. The lowest BCUT2D eigenvalue weighted by atomic mass is 9.93. The fourth-order valence-corrected chi connectivity index (χ4v) is 3.58. The first-order valence-corrected chi connectivity index (χ1v) is 11.1. The van der Waals surface area contributed by atoms with E-state index in [9.17, 15) is 0 Å². The van der Waals surface area contributed by atoms with Gasteiger partial charge in [-0.05, 0) is 54.5 Å². The van der Waals surface area contributed by atoms with Crippen LogP contribution in [0.5, 0.6) is 0 Å².